The van der Waals surface area contributed by atoms with Crippen LogP contribution in [0.3, 0.4) is 0 Å². The molecule has 13 heteroatoms. The van der Waals surface area contributed by atoms with E-state index < -0.39 is 56.5 Å². The fourth-order valence-corrected chi connectivity index (χ4v) is 6.30. The zero-order chi connectivity index (χ0) is 26.3. The summed E-state index contributed by atoms with van der Waals surface area (Å²) in [6, 6.07) is 16.3. The standard InChI is InChI=1S/C23H21F2N3O6S2/c24-23(25)34-21-8-4-3-7-18(21)14-35(30,31)15-20(22(29)27-12-11-26)28-36(32,33)19-10-9-16-5-1-2-6-17(16)13-19/h1-10,13,20,23,28H,12,14-15H2,(H,27,29)/t20-/m0/s1. The number of para-hydroxylation sites is 1. The lowest BCUT2D eigenvalue weighted by Gasteiger charge is -2.19. The third-order valence-corrected chi connectivity index (χ3v) is 8.03. The highest BCUT2D eigenvalue weighted by Gasteiger charge is 2.31. The summed E-state index contributed by atoms with van der Waals surface area (Å²) in [6.45, 7) is -3.68. The van der Waals surface area contributed by atoms with Crippen LogP contribution in [0.1, 0.15) is 5.56 Å². The Morgan fingerprint density at radius 3 is 2.33 bits per heavy atom. The number of nitrogens with zero attached hydrogens (tertiary/aromatic N) is 1. The van der Waals surface area contributed by atoms with Gasteiger partial charge in [0.2, 0.25) is 15.9 Å². The van der Waals surface area contributed by atoms with Gasteiger partial charge < -0.3 is 10.1 Å². The van der Waals surface area contributed by atoms with E-state index in [0.29, 0.717) is 5.39 Å². The van der Waals surface area contributed by atoms with Crippen molar-refractivity contribution in [1.82, 2.24) is 10.0 Å². The predicted octanol–water partition coefficient (Wildman–Crippen LogP) is 2.34. The van der Waals surface area contributed by atoms with Crippen molar-refractivity contribution in [2.75, 3.05) is 12.3 Å². The first-order chi connectivity index (χ1) is 17.0. The number of sulfonamides is 1. The number of nitrogens with one attached hydrogen (secondary N) is 2. The highest BCUT2D eigenvalue weighted by atomic mass is 32.2. The summed E-state index contributed by atoms with van der Waals surface area (Å²) < 4.78 is 83.7. The van der Waals surface area contributed by atoms with E-state index in [9.17, 15) is 30.4 Å². The van der Waals surface area contributed by atoms with E-state index in [0.717, 1.165) is 11.5 Å². The molecule has 0 saturated heterocycles. The van der Waals surface area contributed by atoms with Crippen LogP contribution in [-0.4, -0.2) is 47.7 Å². The molecule has 1 atom stereocenters. The van der Waals surface area contributed by atoms with Crippen molar-refractivity contribution in [2.45, 2.75) is 23.3 Å². The van der Waals surface area contributed by atoms with Gasteiger partial charge in [-0.05, 0) is 29.0 Å². The quantitative estimate of drug-likeness (QED) is 0.358. The third-order valence-electron chi connectivity index (χ3n) is 4.97. The molecule has 0 fully saturated rings. The van der Waals surface area contributed by atoms with Gasteiger partial charge in [-0.2, -0.15) is 18.8 Å². The average molecular weight is 538 g/mol. The number of amides is 1. The molecule has 0 saturated carbocycles. The van der Waals surface area contributed by atoms with Crippen molar-refractivity contribution in [3.05, 3.63) is 72.3 Å². The lowest BCUT2D eigenvalue weighted by molar-refractivity contribution is -0.122. The molecule has 36 heavy (non-hydrogen) atoms. The Kier molecular flexibility index (Phi) is 8.57. The molecule has 9 nitrogen and oxygen atoms in total. The van der Waals surface area contributed by atoms with E-state index in [1.165, 1.54) is 30.3 Å². The Bertz CT molecular complexity index is 1510. The monoisotopic (exact) mass is 537 g/mol. The lowest BCUT2D eigenvalue weighted by atomic mass is 10.1. The normalized spacial score (nSPS) is 12.7. The number of halogens is 2. The largest absolute Gasteiger partial charge is 0.435 e. The first-order valence-corrected chi connectivity index (χ1v) is 13.7. The molecule has 0 aliphatic heterocycles. The zero-order valence-electron chi connectivity index (χ0n) is 18.6. The Morgan fingerprint density at radius 1 is 0.972 bits per heavy atom. The van der Waals surface area contributed by atoms with Gasteiger partial charge in [-0.25, -0.2) is 16.8 Å². The fraction of sp³-hybridized carbons (Fsp3) is 0.217. The van der Waals surface area contributed by atoms with Crippen molar-refractivity contribution in [3.63, 3.8) is 0 Å². The summed E-state index contributed by atoms with van der Waals surface area (Å²) >= 11 is 0. The number of benzene rings is 3. The number of alkyl halides is 2. The summed E-state index contributed by atoms with van der Waals surface area (Å²) in [7, 11) is -8.62. The van der Waals surface area contributed by atoms with Crippen molar-refractivity contribution in [2.24, 2.45) is 0 Å². The van der Waals surface area contributed by atoms with Gasteiger partial charge in [0.25, 0.3) is 0 Å². The van der Waals surface area contributed by atoms with Crippen LogP contribution >= 0.6 is 0 Å². The molecular weight excluding hydrogens is 516 g/mol. The van der Waals surface area contributed by atoms with Crippen molar-refractivity contribution >= 4 is 36.5 Å². The number of hydrogen-bond acceptors (Lipinski definition) is 7. The molecule has 3 rings (SSSR count). The van der Waals surface area contributed by atoms with E-state index in [1.807, 2.05) is 0 Å². The number of hydrogen-bond donors (Lipinski definition) is 2. The molecule has 0 bridgehead atoms. The Morgan fingerprint density at radius 2 is 1.64 bits per heavy atom. The summed E-state index contributed by atoms with van der Waals surface area (Å²) in [5.74, 6) is -3.20. The highest BCUT2D eigenvalue weighted by molar-refractivity contribution is 7.91. The highest BCUT2D eigenvalue weighted by Crippen LogP contribution is 2.23. The van der Waals surface area contributed by atoms with Crippen LogP contribution in [0.25, 0.3) is 10.8 Å². The summed E-state index contributed by atoms with van der Waals surface area (Å²) in [4.78, 5) is 12.4. The number of ether oxygens (including phenoxy) is 1. The van der Waals surface area contributed by atoms with Crippen LogP contribution in [0.15, 0.2) is 71.6 Å². The predicted molar refractivity (Wildman–Crippen MR) is 127 cm³/mol. The van der Waals surface area contributed by atoms with Crippen LogP contribution in [0.5, 0.6) is 5.75 Å². The molecule has 0 radical (unpaired) electrons. The maximum atomic E-state index is 13.0. The van der Waals surface area contributed by atoms with Gasteiger partial charge in [0.05, 0.1) is 22.5 Å². The first-order valence-electron chi connectivity index (χ1n) is 10.4. The summed E-state index contributed by atoms with van der Waals surface area (Å²) in [5, 5.41) is 12.3. The molecular formula is C23H21F2N3O6S2. The van der Waals surface area contributed by atoms with E-state index in [2.05, 4.69) is 14.8 Å². The lowest BCUT2D eigenvalue weighted by Crippen LogP contribution is -2.50. The second-order valence-corrected chi connectivity index (χ2v) is 11.4. The van der Waals surface area contributed by atoms with Gasteiger partial charge in [0.1, 0.15) is 18.3 Å². The number of sulfone groups is 1. The molecule has 2 N–H and O–H groups in total. The minimum absolute atomic E-state index is 0.0913. The smallest absolute Gasteiger partial charge is 0.387 e. The number of rotatable bonds is 11. The van der Waals surface area contributed by atoms with E-state index in [-0.39, 0.29) is 16.2 Å². The fourth-order valence-electron chi connectivity index (χ4n) is 3.39. The van der Waals surface area contributed by atoms with Gasteiger partial charge in [-0.15, -0.1) is 0 Å². The third kappa shape index (κ3) is 7.20. The van der Waals surface area contributed by atoms with Crippen LogP contribution in [0.4, 0.5) is 8.78 Å². The molecule has 0 unspecified atom stereocenters. The van der Waals surface area contributed by atoms with Gasteiger partial charge in [0, 0.05) is 5.56 Å². The number of nitriles is 1. The number of fused-ring (bicyclic) bond motifs is 1. The van der Waals surface area contributed by atoms with Crippen LogP contribution in [0.2, 0.25) is 0 Å². The molecule has 0 spiro atoms. The Balaban J connectivity index is 1.88. The average Bonchev–Trinajstić information content (AvgIpc) is 2.82. The van der Waals surface area contributed by atoms with Crippen LogP contribution in [-0.2, 0) is 30.4 Å². The molecule has 3 aromatic rings. The Labute approximate surface area is 206 Å². The van der Waals surface area contributed by atoms with Crippen molar-refractivity contribution in [3.8, 4) is 11.8 Å². The first kappa shape index (κ1) is 27.0. The van der Waals surface area contributed by atoms with Gasteiger partial charge >= 0.3 is 6.61 Å². The van der Waals surface area contributed by atoms with Gasteiger partial charge in [-0.1, -0.05) is 48.5 Å². The summed E-state index contributed by atoms with van der Waals surface area (Å²) in [6.07, 6.45) is 0. The molecule has 190 valence electrons. The molecule has 0 aliphatic carbocycles. The number of carbonyl (C=O) groups is 1. The second kappa shape index (κ2) is 11.4. The minimum Gasteiger partial charge on any atom is -0.435 e. The van der Waals surface area contributed by atoms with Gasteiger partial charge in [-0.3, -0.25) is 4.79 Å². The summed E-state index contributed by atoms with van der Waals surface area (Å²) in [5.41, 5.74) is -0.0913. The van der Waals surface area contributed by atoms with Crippen molar-refractivity contribution in [1.29, 1.82) is 5.26 Å². The van der Waals surface area contributed by atoms with Gasteiger partial charge in [0.15, 0.2) is 9.84 Å². The molecule has 0 aliphatic rings. The SMILES string of the molecule is N#CCNC(=O)[C@H](CS(=O)(=O)Cc1ccccc1OC(F)F)NS(=O)(=O)c1ccc2ccccc2c1. The van der Waals surface area contributed by atoms with Crippen LogP contribution < -0.4 is 14.8 Å². The molecule has 0 heterocycles. The van der Waals surface area contributed by atoms with Crippen molar-refractivity contribution < 1.29 is 35.1 Å². The maximum absolute atomic E-state index is 13.0. The van der Waals surface area contributed by atoms with E-state index in [1.54, 1.807) is 36.4 Å². The molecule has 1 amide bonds. The molecule has 3 aromatic carbocycles. The zero-order valence-corrected chi connectivity index (χ0v) is 20.2. The Hall–Kier alpha value is -3.60. The van der Waals surface area contributed by atoms with E-state index >= 15 is 0 Å². The van der Waals surface area contributed by atoms with Crippen LogP contribution in [0, 0.1) is 11.3 Å². The minimum atomic E-state index is -4.37. The molecule has 0 aromatic heterocycles. The maximum Gasteiger partial charge on any atom is 0.387 e. The number of carbonyl (C=O) groups excluding carboxylic acids is 1. The topological polar surface area (TPSA) is 142 Å². The van der Waals surface area contributed by atoms with E-state index in [4.69, 9.17) is 5.26 Å². The second-order valence-electron chi connectivity index (χ2n) is 7.60.